The number of aromatic nitrogens is 1. The minimum absolute atomic E-state index is 0.0138. The molecule has 4 rings (SSSR count). The number of H-pyrrole nitrogens is 1. The number of hydrogen-bond donors (Lipinski definition) is 3. The van der Waals surface area contributed by atoms with Gasteiger partial charge in [0.2, 0.25) is 5.91 Å². The number of fused-ring (bicyclic) bond motifs is 1. The van der Waals surface area contributed by atoms with E-state index in [0.717, 1.165) is 49.8 Å². The van der Waals surface area contributed by atoms with Gasteiger partial charge in [-0.25, -0.2) is 0 Å². The van der Waals surface area contributed by atoms with Crippen LogP contribution in [0.25, 0.3) is 10.9 Å². The molecule has 2 aliphatic carbocycles. The first-order chi connectivity index (χ1) is 17.2. The Hall–Kier alpha value is -3.16. The van der Waals surface area contributed by atoms with E-state index in [-0.39, 0.29) is 28.8 Å². The fourth-order valence-electron chi connectivity index (χ4n) is 5.83. The van der Waals surface area contributed by atoms with Crippen LogP contribution in [0.2, 0.25) is 0 Å². The number of carboxylic acid groups (broad SMARTS) is 1. The Balaban J connectivity index is 1.66. The molecular weight excluding hydrogens is 458 g/mol. The molecule has 36 heavy (non-hydrogen) atoms. The predicted octanol–water partition coefficient (Wildman–Crippen LogP) is 4.30. The van der Waals surface area contributed by atoms with Gasteiger partial charge in [-0.2, -0.15) is 0 Å². The normalized spacial score (nSPS) is 19.5. The summed E-state index contributed by atoms with van der Waals surface area (Å²) in [6.45, 7) is 3.66. The molecule has 0 bridgehead atoms. The van der Waals surface area contributed by atoms with Gasteiger partial charge in [0.1, 0.15) is 12.6 Å². The quantitative estimate of drug-likeness (QED) is 0.373. The summed E-state index contributed by atoms with van der Waals surface area (Å²) in [5.74, 6) is -3.55. The van der Waals surface area contributed by atoms with Crippen LogP contribution in [-0.4, -0.2) is 57.2 Å². The smallest absolute Gasteiger partial charge is 0.323 e. The molecule has 1 aromatic heterocycles. The van der Waals surface area contributed by atoms with Gasteiger partial charge in [0.15, 0.2) is 0 Å². The summed E-state index contributed by atoms with van der Waals surface area (Å²) in [6.07, 6.45) is 9.55. The summed E-state index contributed by atoms with van der Waals surface area (Å²) >= 11 is 0. The minimum atomic E-state index is -1.25. The number of nitrogens with one attached hydrogen (secondary N) is 2. The predicted molar refractivity (Wildman–Crippen MR) is 137 cm³/mol. The Labute approximate surface area is 211 Å². The Morgan fingerprint density at radius 1 is 1.06 bits per heavy atom. The van der Waals surface area contributed by atoms with Crippen molar-refractivity contribution < 1.29 is 24.3 Å². The third-order valence-corrected chi connectivity index (χ3v) is 7.98. The van der Waals surface area contributed by atoms with Crippen molar-refractivity contribution in [1.29, 1.82) is 0 Å². The van der Waals surface area contributed by atoms with Crippen molar-refractivity contribution >= 4 is 34.5 Å². The van der Waals surface area contributed by atoms with Crippen LogP contribution in [0.4, 0.5) is 0 Å². The maximum atomic E-state index is 13.7. The molecule has 2 fully saturated rings. The number of benzene rings is 1. The number of para-hydroxylation sites is 1. The summed E-state index contributed by atoms with van der Waals surface area (Å²) in [5, 5.41) is 13.4. The van der Waals surface area contributed by atoms with Crippen LogP contribution >= 0.6 is 0 Å². The first kappa shape index (κ1) is 25.9. The van der Waals surface area contributed by atoms with Gasteiger partial charge in [-0.05, 0) is 55.9 Å². The second-order valence-electron chi connectivity index (χ2n) is 11.2. The van der Waals surface area contributed by atoms with Crippen LogP contribution in [0.15, 0.2) is 30.5 Å². The molecule has 1 aromatic carbocycles. The summed E-state index contributed by atoms with van der Waals surface area (Å²) in [4.78, 5) is 56.7. The number of hydrogen-bond acceptors (Lipinski definition) is 4. The van der Waals surface area contributed by atoms with E-state index in [1.807, 2.05) is 6.07 Å². The van der Waals surface area contributed by atoms with Gasteiger partial charge in [-0.1, -0.05) is 51.3 Å². The van der Waals surface area contributed by atoms with Gasteiger partial charge in [0, 0.05) is 23.1 Å². The van der Waals surface area contributed by atoms with Crippen molar-refractivity contribution in [1.82, 2.24) is 15.2 Å². The highest BCUT2D eigenvalue weighted by atomic mass is 16.4. The third kappa shape index (κ3) is 5.79. The second-order valence-corrected chi connectivity index (χ2v) is 11.2. The van der Waals surface area contributed by atoms with Gasteiger partial charge in [0.05, 0.1) is 5.56 Å². The lowest BCUT2D eigenvalue weighted by Crippen LogP contribution is -2.58. The Kier molecular flexibility index (Phi) is 7.81. The zero-order chi connectivity index (χ0) is 25.9. The molecule has 2 amide bonds. The number of rotatable bonds is 8. The second kappa shape index (κ2) is 10.8. The van der Waals surface area contributed by atoms with Gasteiger partial charge >= 0.3 is 5.97 Å². The zero-order valence-electron chi connectivity index (χ0n) is 21.2. The average molecular weight is 496 g/mol. The minimum Gasteiger partial charge on any atom is -0.480 e. The van der Waals surface area contributed by atoms with Gasteiger partial charge in [-0.3, -0.25) is 19.2 Å². The van der Waals surface area contributed by atoms with E-state index in [2.05, 4.69) is 24.1 Å². The number of nitrogens with zero attached hydrogens (tertiary/aromatic N) is 1. The number of aliphatic carboxylic acids is 1. The lowest BCUT2D eigenvalue weighted by molar-refractivity contribution is -0.149. The van der Waals surface area contributed by atoms with E-state index in [0.29, 0.717) is 23.7 Å². The Bertz CT molecular complexity index is 1120. The molecule has 1 atom stereocenters. The summed E-state index contributed by atoms with van der Waals surface area (Å²) < 4.78 is 0. The number of carbonyl (C=O) groups is 4. The lowest BCUT2D eigenvalue weighted by Gasteiger charge is -2.41. The number of aromatic amines is 1. The van der Waals surface area contributed by atoms with Crippen molar-refractivity contribution in [2.75, 3.05) is 6.54 Å². The van der Waals surface area contributed by atoms with E-state index >= 15 is 0 Å². The molecule has 8 nitrogen and oxygen atoms in total. The maximum Gasteiger partial charge on any atom is 0.323 e. The van der Waals surface area contributed by atoms with Crippen molar-refractivity contribution in [3.05, 3.63) is 36.0 Å². The molecular formula is C28H37N3O5. The SMILES string of the molecule is CC1(C)CCC(C(C(=O)NC2CCCCC2)N(CC(=O)O)C(=O)C(=O)c2c[nH]c3ccccc23)CC1. The highest BCUT2D eigenvalue weighted by Crippen LogP contribution is 2.40. The molecule has 8 heteroatoms. The lowest BCUT2D eigenvalue weighted by atomic mass is 9.70. The van der Waals surface area contributed by atoms with Crippen LogP contribution < -0.4 is 5.32 Å². The fraction of sp³-hybridized carbons (Fsp3) is 0.571. The van der Waals surface area contributed by atoms with Crippen LogP contribution in [-0.2, 0) is 14.4 Å². The fourth-order valence-corrected chi connectivity index (χ4v) is 5.83. The molecule has 194 valence electrons. The van der Waals surface area contributed by atoms with Crippen molar-refractivity contribution in [2.45, 2.75) is 83.7 Å². The van der Waals surface area contributed by atoms with Crippen LogP contribution in [0.3, 0.4) is 0 Å². The molecule has 3 N–H and O–H groups in total. The Morgan fingerprint density at radius 3 is 2.39 bits per heavy atom. The summed E-state index contributed by atoms with van der Waals surface area (Å²) in [6, 6.07) is 6.15. The number of carboxylic acids is 1. The van der Waals surface area contributed by atoms with Gasteiger partial charge < -0.3 is 20.3 Å². The molecule has 0 saturated heterocycles. The average Bonchev–Trinajstić information content (AvgIpc) is 3.28. The van der Waals surface area contributed by atoms with E-state index in [1.165, 1.54) is 6.20 Å². The zero-order valence-corrected chi connectivity index (χ0v) is 21.2. The molecule has 2 saturated carbocycles. The van der Waals surface area contributed by atoms with E-state index in [9.17, 15) is 24.3 Å². The number of amides is 2. The topological polar surface area (TPSA) is 120 Å². The third-order valence-electron chi connectivity index (χ3n) is 7.98. The molecule has 0 spiro atoms. The standard InChI is InChI=1S/C28H37N3O5/c1-28(2)14-12-18(13-15-28)24(26(35)30-19-8-4-3-5-9-19)31(17-23(32)33)27(36)25(34)21-16-29-22-11-7-6-10-20(21)22/h6-7,10-11,16,18-19,24,29H,3-5,8-9,12-15,17H2,1-2H3,(H,30,35)(H,32,33). The van der Waals surface area contributed by atoms with Crippen molar-refractivity contribution in [2.24, 2.45) is 11.3 Å². The summed E-state index contributed by atoms with van der Waals surface area (Å²) in [7, 11) is 0. The van der Waals surface area contributed by atoms with Crippen molar-refractivity contribution in [3.8, 4) is 0 Å². The molecule has 0 aliphatic heterocycles. The first-order valence-electron chi connectivity index (χ1n) is 13.1. The molecule has 2 aromatic rings. The molecule has 2 aliphatic rings. The highest BCUT2D eigenvalue weighted by Gasteiger charge is 2.43. The molecule has 1 heterocycles. The largest absolute Gasteiger partial charge is 0.480 e. The summed E-state index contributed by atoms with van der Waals surface area (Å²) in [5.41, 5.74) is 1.02. The molecule has 1 unspecified atom stereocenters. The van der Waals surface area contributed by atoms with E-state index in [1.54, 1.807) is 18.2 Å². The van der Waals surface area contributed by atoms with Crippen molar-refractivity contribution in [3.63, 3.8) is 0 Å². The van der Waals surface area contributed by atoms with Gasteiger partial charge in [0.25, 0.3) is 11.7 Å². The molecule has 0 radical (unpaired) electrons. The van der Waals surface area contributed by atoms with Crippen LogP contribution in [0, 0.1) is 11.3 Å². The van der Waals surface area contributed by atoms with Gasteiger partial charge in [-0.15, -0.1) is 0 Å². The number of Topliss-reactive ketones (excluding diaryl/α,β-unsaturated/α-hetero) is 1. The van der Waals surface area contributed by atoms with E-state index in [4.69, 9.17) is 0 Å². The maximum absolute atomic E-state index is 13.7. The first-order valence-corrected chi connectivity index (χ1v) is 13.1. The number of carbonyl (C=O) groups excluding carboxylic acids is 3. The number of ketones is 1. The van der Waals surface area contributed by atoms with Crippen LogP contribution in [0.1, 0.15) is 82.0 Å². The van der Waals surface area contributed by atoms with E-state index < -0.39 is 30.2 Å². The van der Waals surface area contributed by atoms with Crippen LogP contribution in [0.5, 0.6) is 0 Å². The highest BCUT2D eigenvalue weighted by molar-refractivity contribution is 6.45. The monoisotopic (exact) mass is 495 g/mol. The Morgan fingerprint density at radius 2 is 1.72 bits per heavy atom.